The Morgan fingerprint density at radius 1 is 1.37 bits per heavy atom. The van der Waals surface area contributed by atoms with Crippen LogP contribution in [0.2, 0.25) is 6.82 Å². The number of benzene rings is 1. The SMILES string of the molecule is CB1OCc2cc(Oc3cc(C#N)ccn3)ccc21. The van der Waals surface area contributed by atoms with Crippen LogP contribution in [0.15, 0.2) is 36.5 Å². The van der Waals surface area contributed by atoms with Crippen LogP contribution in [-0.4, -0.2) is 11.9 Å². The van der Waals surface area contributed by atoms with Crippen molar-refractivity contribution in [3.8, 4) is 17.7 Å². The van der Waals surface area contributed by atoms with E-state index in [1.807, 2.05) is 25.0 Å². The summed E-state index contributed by atoms with van der Waals surface area (Å²) in [6.07, 6.45) is 1.56. The maximum absolute atomic E-state index is 8.83. The molecule has 2 heterocycles. The van der Waals surface area contributed by atoms with Crippen LogP contribution in [-0.2, 0) is 11.3 Å². The highest BCUT2D eigenvalue weighted by atomic mass is 16.5. The Balaban J connectivity index is 1.86. The molecule has 19 heavy (non-hydrogen) atoms. The summed E-state index contributed by atoms with van der Waals surface area (Å²) >= 11 is 0. The highest BCUT2D eigenvalue weighted by Crippen LogP contribution is 2.22. The van der Waals surface area contributed by atoms with Crippen LogP contribution in [0, 0.1) is 11.3 Å². The van der Waals surface area contributed by atoms with Gasteiger partial charge in [-0.3, -0.25) is 0 Å². The molecule has 3 rings (SSSR count). The van der Waals surface area contributed by atoms with Gasteiger partial charge < -0.3 is 9.39 Å². The molecule has 0 aliphatic carbocycles. The Labute approximate surface area is 111 Å². The average Bonchev–Trinajstić information content (AvgIpc) is 2.80. The van der Waals surface area contributed by atoms with E-state index in [1.165, 1.54) is 5.46 Å². The molecule has 0 unspecified atom stereocenters. The van der Waals surface area contributed by atoms with Crippen LogP contribution in [0.25, 0.3) is 0 Å². The molecule has 1 aromatic carbocycles. The molecule has 0 spiro atoms. The number of hydrogen-bond acceptors (Lipinski definition) is 4. The zero-order valence-electron chi connectivity index (χ0n) is 10.5. The molecule has 0 atom stereocenters. The quantitative estimate of drug-likeness (QED) is 0.766. The van der Waals surface area contributed by atoms with Crippen LogP contribution < -0.4 is 10.2 Å². The predicted molar refractivity (Wildman–Crippen MR) is 71.5 cm³/mol. The summed E-state index contributed by atoms with van der Waals surface area (Å²) in [7, 11) is 0. The summed E-state index contributed by atoms with van der Waals surface area (Å²) in [6.45, 7) is 2.79. The minimum atomic E-state index is 0.143. The molecule has 1 aromatic heterocycles. The first-order valence-electron chi connectivity index (χ1n) is 6.05. The maximum atomic E-state index is 8.83. The number of nitrogens with zero attached hydrogens (tertiary/aromatic N) is 2. The first-order chi connectivity index (χ1) is 9.26. The first-order valence-corrected chi connectivity index (χ1v) is 6.05. The van der Waals surface area contributed by atoms with Gasteiger partial charge >= 0.3 is 6.92 Å². The number of nitriles is 1. The van der Waals surface area contributed by atoms with E-state index < -0.39 is 0 Å². The normalized spacial score (nSPS) is 12.9. The Bertz CT molecular complexity index is 667. The zero-order valence-corrected chi connectivity index (χ0v) is 10.5. The van der Waals surface area contributed by atoms with E-state index in [0.29, 0.717) is 23.8 Å². The molecule has 0 saturated carbocycles. The maximum Gasteiger partial charge on any atom is 0.324 e. The number of ether oxygens (including phenoxy) is 1. The molecule has 0 bridgehead atoms. The molecule has 2 aromatic rings. The van der Waals surface area contributed by atoms with Gasteiger partial charge in [0.05, 0.1) is 18.2 Å². The van der Waals surface area contributed by atoms with Crippen molar-refractivity contribution in [3.05, 3.63) is 47.7 Å². The zero-order chi connectivity index (χ0) is 13.2. The second kappa shape index (κ2) is 4.75. The molecular weight excluding hydrogens is 239 g/mol. The first kappa shape index (κ1) is 11.8. The van der Waals surface area contributed by atoms with E-state index in [9.17, 15) is 0 Å². The lowest BCUT2D eigenvalue weighted by Crippen LogP contribution is -2.23. The average molecular weight is 250 g/mol. The molecule has 4 nitrogen and oxygen atoms in total. The monoisotopic (exact) mass is 250 g/mol. The lowest BCUT2D eigenvalue weighted by atomic mass is 9.64. The highest BCUT2D eigenvalue weighted by molar-refractivity contribution is 6.67. The highest BCUT2D eigenvalue weighted by Gasteiger charge is 2.23. The molecule has 92 valence electrons. The third-order valence-corrected chi connectivity index (χ3v) is 3.13. The molecular formula is C14H11BN2O2. The van der Waals surface area contributed by atoms with Crippen LogP contribution in [0.3, 0.4) is 0 Å². The summed E-state index contributed by atoms with van der Waals surface area (Å²) < 4.78 is 11.2. The smallest absolute Gasteiger partial charge is 0.324 e. The Kier molecular flexibility index (Phi) is 2.94. The molecule has 0 amide bonds. The van der Waals surface area contributed by atoms with E-state index in [-0.39, 0.29) is 6.92 Å². The van der Waals surface area contributed by atoms with Crippen LogP contribution >= 0.6 is 0 Å². The van der Waals surface area contributed by atoms with E-state index in [2.05, 4.69) is 11.1 Å². The summed E-state index contributed by atoms with van der Waals surface area (Å²) in [5.41, 5.74) is 2.87. The van der Waals surface area contributed by atoms with E-state index in [1.54, 1.807) is 18.3 Å². The Hall–Kier alpha value is -2.32. The van der Waals surface area contributed by atoms with Crippen molar-refractivity contribution in [1.82, 2.24) is 4.98 Å². The number of aromatic nitrogens is 1. The fourth-order valence-electron chi connectivity index (χ4n) is 2.13. The van der Waals surface area contributed by atoms with Crippen LogP contribution in [0.4, 0.5) is 0 Å². The van der Waals surface area contributed by atoms with Gasteiger partial charge in [0.1, 0.15) is 5.75 Å². The van der Waals surface area contributed by atoms with Gasteiger partial charge in [-0.05, 0) is 29.2 Å². The minimum absolute atomic E-state index is 0.143. The Morgan fingerprint density at radius 3 is 3.11 bits per heavy atom. The van der Waals surface area contributed by atoms with E-state index >= 15 is 0 Å². The van der Waals surface area contributed by atoms with Gasteiger partial charge in [-0.15, -0.1) is 0 Å². The standard InChI is InChI=1S/C14H11BN2O2/c1-15-13-3-2-12(7-11(13)9-18-15)19-14-6-10(8-16)4-5-17-14/h2-7H,9H2,1H3. The Morgan fingerprint density at radius 2 is 2.26 bits per heavy atom. The lowest BCUT2D eigenvalue weighted by Gasteiger charge is -2.06. The second-order valence-corrected chi connectivity index (χ2v) is 4.41. The van der Waals surface area contributed by atoms with Crippen molar-refractivity contribution in [1.29, 1.82) is 5.26 Å². The topological polar surface area (TPSA) is 55.1 Å². The lowest BCUT2D eigenvalue weighted by molar-refractivity contribution is 0.333. The number of rotatable bonds is 2. The molecule has 5 heteroatoms. The van der Waals surface area contributed by atoms with Crippen molar-refractivity contribution < 1.29 is 9.39 Å². The van der Waals surface area contributed by atoms with Gasteiger partial charge in [-0.1, -0.05) is 12.9 Å². The van der Waals surface area contributed by atoms with Gasteiger partial charge in [0.25, 0.3) is 0 Å². The van der Waals surface area contributed by atoms with Crippen LogP contribution in [0.5, 0.6) is 11.6 Å². The minimum Gasteiger partial charge on any atom is -0.439 e. The second-order valence-electron chi connectivity index (χ2n) is 4.41. The molecule has 0 fully saturated rings. The predicted octanol–water partition coefficient (Wildman–Crippen LogP) is 2.10. The molecule has 1 aliphatic heterocycles. The van der Waals surface area contributed by atoms with Crippen molar-refractivity contribution in [2.45, 2.75) is 13.4 Å². The van der Waals surface area contributed by atoms with Gasteiger partial charge in [-0.25, -0.2) is 4.98 Å². The largest absolute Gasteiger partial charge is 0.439 e. The summed E-state index contributed by atoms with van der Waals surface area (Å²) in [4.78, 5) is 4.09. The van der Waals surface area contributed by atoms with Crippen molar-refractivity contribution in [2.75, 3.05) is 0 Å². The number of hydrogen-bond donors (Lipinski definition) is 0. The molecule has 1 aliphatic rings. The van der Waals surface area contributed by atoms with Gasteiger partial charge in [0.2, 0.25) is 5.88 Å². The third kappa shape index (κ3) is 2.31. The summed E-state index contributed by atoms with van der Waals surface area (Å²) in [5.74, 6) is 1.13. The number of fused-ring (bicyclic) bond motifs is 1. The molecule has 0 saturated heterocycles. The van der Waals surface area contributed by atoms with Crippen LogP contribution in [0.1, 0.15) is 11.1 Å². The summed E-state index contributed by atoms with van der Waals surface area (Å²) in [5, 5.41) is 8.83. The van der Waals surface area contributed by atoms with Gasteiger partial charge in [0.15, 0.2) is 0 Å². The van der Waals surface area contributed by atoms with E-state index in [0.717, 1.165) is 5.56 Å². The summed E-state index contributed by atoms with van der Waals surface area (Å²) in [6, 6.07) is 11.2. The van der Waals surface area contributed by atoms with Gasteiger partial charge in [-0.2, -0.15) is 5.26 Å². The van der Waals surface area contributed by atoms with Gasteiger partial charge in [0, 0.05) is 12.3 Å². The van der Waals surface area contributed by atoms with Crippen molar-refractivity contribution >= 4 is 12.4 Å². The fourth-order valence-corrected chi connectivity index (χ4v) is 2.13. The number of pyridine rings is 1. The van der Waals surface area contributed by atoms with E-state index in [4.69, 9.17) is 14.7 Å². The molecule has 0 N–H and O–H groups in total. The molecule has 0 radical (unpaired) electrons. The fraction of sp³-hybridized carbons (Fsp3) is 0.143. The third-order valence-electron chi connectivity index (χ3n) is 3.13. The van der Waals surface area contributed by atoms with Crippen molar-refractivity contribution in [3.63, 3.8) is 0 Å². The van der Waals surface area contributed by atoms with Crippen molar-refractivity contribution in [2.24, 2.45) is 0 Å².